The molecule has 1 amide bonds. The highest BCUT2D eigenvalue weighted by molar-refractivity contribution is 7.13. The number of nitro groups is 1. The molecule has 1 saturated heterocycles. The molecule has 27 heavy (non-hydrogen) atoms. The highest BCUT2D eigenvalue weighted by atomic mass is 32.1. The van der Waals surface area contributed by atoms with E-state index in [0.717, 1.165) is 31.2 Å². The maximum Gasteiger partial charge on any atom is 0.273 e. The van der Waals surface area contributed by atoms with Crippen LogP contribution < -0.4 is 10.1 Å². The number of aromatic nitrogens is 1. The van der Waals surface area contributed by atoms with Gasteiger partial charge in [-0.25, -0.2) is 4.98 Å². The number of carbonyl (C=O) groups excluding carboxylic acids is 1. The Morgan fingerprint density at radius 2 is 2.22 bits per heavy atom. The summed E-state index contributed by atoms with van der Waals surface area (Å²) < 4.78 is 5.32. The lowest BCUT2D eigenvalue weighted by Crippen LogP contribution is -2.32. The van der Waals surface area contributed by atoms with Gasteiger partial charge in [-0.1, -0.05) is 13.0 Å². The first-order valence-corrected chi connectivity index (χ1v) is 9.71. The number of hydrogen-bond donors (Lipinski definition) is 1. The summed E-state index contributed by atoms with van der Waals surface area (Å²) in [4.78, 5) is 29.1. The zero-order chi connectivity index (χ0) is 19.2. The van der Waals surface area contributed by atoms with E-state index in [1.165, 1.54) is 42.4 Å². The number of carbonyl (C=O) groups is 1. The largest absolute Gasteiger partial charge is 0.484 e. The van der Waals surface area contributed by atoms with Crippen LogP contribution in [-0.2, 0) is 11.3 Å². The van der Waals surface area contributed by atoms with Crippen LogP contribution in [0.15, 0.2) is 29.6 Å². The summed E-state index contributed by atoms with van der Waals surface area (Å²) in [6.07, 6.45) is 2.42. The summed E-state index contributed by atoms with van der Waals surface area (Å²) in [5.74, 6) is 0.713. The van der Waals surface area contributed by atoms with Crippen LogP contribution in [0.2, 0.25) is 0 Å². The van der Waals surface area contributed by atoms with E-state index in [1.807, 2.05) is 5.38 Å². The fourth-order valence-corrected chi connectivity index (χ4v) is 3.60. The third-order valence-corrected chi connectivity index (χ3v) is 5.26. The van der Waals surface area contributed by atoms with E-state index in [-0.39, 0.29) is 24.0 Å². The van der Waals surface area contributed by atoms with Crippen LogP contribution in [0.4, 0.5) is 10.8 Å². The Hall–Kier alpha value is -2.52. The second-order valence-corrected chi connectivity index (χ2v) is 7.55. The monoisotopic (exact) mass is 390 g/mol. The minimum atomic E-state index is -0.507. The number of nitrogens with zero attached hydrogens (tertiary/aromatic N) is 3. The lowest BCUT2D eigenvalue weighted by molar-refractivity contribution is -0.384. The minimum absolute atomic E-state index is 0.0791. The normalized spacial score (nSPS) is 15.4. The Kier molecular flexibility index (Phi) is 6.36. The van der Waals surface area contributed by atoms with Crippen molar-refractivity contribution in [2.75, 3.05) is 25.0 Å². The fraction of sp³-hybridized carbons (Fsp3) is 0.444. The molecule has 9 heteroatoms. The maximum absolute atomic E-state index is 12.0. The topological polar surface area (TPSA) is 97.6 Å². The number of benzene rings is 1. The van der Waals surface area contributed by atoms with Gasteiger partial charge in [0.05, 0.1) is 16.7 Å². The van der Waals surface area contributed by atoms with Crippen molar-refractivity contribution >= 4 is 28.1 Å². The molecule has 1 aromatic heterocycles. The van der Waals surface area contributed by atoms with Gasteiger partial charge in [0.15, 0.2) is 11.7 Å². The summed E-state index contributed by atoms with van der Waals surface area (Å²) in [5.41, 5.74) is 0.869. The van der Waals surface area contributed by atoms with Gasteiger partial charge in [0.1, 0.15) is 5.75 Å². The maximum atomic E-state index is 12.0. The van der Waals surface area contributed by atoms with Gasteiger partial charge >= 0.3 is 0 Å². The Morgan fingerprint density at radius 3 is 2.96 bits per heavy atom. The van der Waals surface area contributed by atoms with Crippen molar-refractivity contribution in [3.8, 4) is 5.75 Å². The smallest absolute Gasteiger partial charge is 0.273 e. The van der Waals surface area contributed by atoms with Crippen LogP contribution >= 0.6 is 11.3 Å². The zero-order valence-electron chi connectivity index (χ0n) is 15.1. The van der Waals surface area contributed by atoms with E-state index < -0.39 is 4.92 Å². The van der Waals surface area contributed by atoms with Crippen LogP contribution in [-0.4, -0.2) is 40.4 Å². The first-order chi connectivity index (χ1) is 13.0. The Bertz CT molecular complexity index is 802. The lowest BCUT2D eigenvalue weighted by Gasteiger charge is -2.29. The molecular weight excluding hydrogens is 368 g/mol. The number of piperidine rings is 1. The molecule has 3 rings (SSSR count). The molecule has 0 spiro atoms. The molecule has 2 aromatic rings. The van der Waals surface area contributed by atoms with Gasteiger partial charge in [-0.05, 0) is 37.9 Å². The number of rotatable bonds is 7. The van der Waals surface area contributed by atoms with Gasteiger partial charge in [0.25, 0.3) is 11.6 Å². The van der Waals surface area contributed by atoms with E-state index in [0.29, 0.717) is 5.13 Å². The summed E-state index contributed by atoms with van der Waals surface area (Å²) in [7, 11) is 0. The highest BCUT2D eigenvalue weighted by Gasteiger charge is 2.17. The zero-order valence-corrected chi connectivity index (χ0v) is 15.9. The third kappa shape index (κ3) is 5.73. The van der Waals surface area contributed by atoms with E-state index in [9.17, 15) is 14.9 Å². The molecule has 1 aliphatic rings. The molecule has 0 unspecified atom stereocenters. The van der Waals surface area contributed by atoms with E-state index in [1.54, 1.807) is 6.07 Å². The average Bonchev–Trinajstić information content (AvgIpc) is 3.09. The molecule has 0 bridgehead atoms. The van der Waals surface area contributed by atoms with E-state index in [2.05, 4.69) is 22.1 Å². The van der Waals surface area contributed by atoms with Crippen molar-refractivity contribution in [3.63, 3.8) is 0 Å². The summed E-state index contributed by atoms with van der Waals surface area (Å²) in [6, 6.07) is 5.74. The number of nitro benzene ring substituents is 1. The number of likely N-dealkylation sites (tertiary alicyclic amines) is 1. The van der Waals surface area contributed by atoms with Crippen molar-refractivity contribution in [1.82, 2.24) is 9.88 Å². The standard InChI is InChI=1S/C18H22N4O4S/c1-13-5-7-21(8-6-13)10-14-12-27-18(19-14)20-17(23)11-26-16-4-2-3-15(9-16)22(24)25/h2-4,9,12-13H,5-8,10-11H2,1H3,(H,19,20,23). The summed E-state index contributed by atoms with van der Waals surface area (Å²) in [5, 5.41) is 15.9. The fourth-order valence-electron chi connectivity index (χ4n) is 2.88. The van der Waals surface area contributed by atoms with Crippen LogP contribution in [0.1, 0.15) is 25.5 Å². The molecular formula is C18H22N4O4S. The molecule has 0 saturated carbocycles. The van der Waals surface area contributed by atoms with Crippen LogP contribution in [0.5, 0.6) is 5.75 Å². The number of ether oxygens (including phenoxy) is 1. The molecule has 2 heterocycles. The van der Waals surface area contributed by atoms with Crippen molar-refractivity contribution in [3.05, 3.63) is 45.5 Å². The van der Waals surface area contributed by atoms with Crippen molar-refractivity contribution in [1.29, 1.82) is 0 Å². The van der Waals surface area contributed by atoms with Crippen LogP contribution in [0, 0.1) is 16.0 Å². The van der Waals surface area contributed by atoms with Gasteiger partial charge in [-0.15, -0.1) is 11.3 Å². The van der Waals surface area contributed by atoms with Crippen LogP contribution in [0.3, 0.4) is 0 Å². The van der Waals surface area contributed by atoms with Gasteiger partial charge in [0.2, 0.25) is 0 Å². The summed E-state index contributed by atoms with van der Waals surface area (Å²) in [6.45, 7) is 5.00. The van der Waals surface area contributed by atoms with Gasteiger partial charge in [0, 0.05) is 18.0 Å². The third-order valence-electron chi connectivity index (χ3n) is 4.46. The highest BCUT2D eigenvalue weighted by Crippen LogP contribution is 2.21. The molecule has 8 nitrogen and oxygen atoms in total. The van der Waals surface area contributed by atoms with Crippen LogP contribution in [0.25, 0.3) is 0 Å². The predicted octanol–water partition coefficient (Wildman–Crippen LogP) is 3.30. The Labute approximate surface area is 161 Å². The molecule has 1 aliphatic heterocycles. The number of anilines is 1. The first kappa shape index (κ1) is 19.2. The minimum Gasteiger partial charge on any atom is -0.484 e. The molecule has 0 atom stereocenters. The molecule has 1 fully saturated rings. The molecule has 144 valence electrons. The molecule has 0 aliphatic carbocycles. The van der Waals surface area contributed by atoms with Gasteiger partial charge in [-0.2, -0.15) is 0 Å². The number of nitrogens with one attached hydrogen (secondary N) is 1. The Morgan fingerprint density at radius 1 is 1.44 bits per heavy atom. The second-order valence-electron chi connectivity index (χ2n) is 6.69. The van der Waals surface area contributed by atoms with Crippen molar-refractivity contribution in [2.24, 2.45) is 5.92 Å². The number of non-ortho nitro benzene ring substituents is 1. The summed E-state index contributed by atoms with van der Waals surface area (Å²) >= 11 is 1.38. The molecule has 0 radical (unpaired) electrons. The SMILES string of the molecule is CC1CCN(Cc2csc(NC(=O)COc3cccc([N+](=O)[O-])c3)n2)CC1. The number of hydrogen-bond acceptors (Lipinski definition) is 7. The number of amides is 1. The average molecular weight is 390 g/mol. The van der Waals surface area contributed by atoms with Gasteiger partial charge in [-0.3, -0.25) is 25.1 Å². The van der Waals surface area contributed by atoms with Crippen molar-refractivity contribution in [2.45, 2.75) is 26.3 Å². The van der Waals surface area contributed by atoms with E-state index in [4.69, 9.17) is 4.74 Å². The van der Waals surface area contributed by atoms with E-state index >= 15 is 0 Å². The lowest BCUT2D eigenvalue weighted by atomic mass is 9.99. The predicted molar refractivity (Wildman–Crippen MR) is 103 cm³/mol. The molecule has 1 aromatic carbocycles. The quantitative estimate of drug-likeness (QED) is 0.575. The van der Waals surface area contributed by atoms with Gasteiger partial charge < -0.3 is 4.74 Å². The molecule has 1 N–H and O–H groups in total. The number of thiazole rings is 1. The first-order valence-electron chi connectivity index (χ1n) is 8.83. The second kappa shape index (κ2) is 8.92. The van der Waals surface area contributed by atoms with Crippen molar-refractivity contribution < 1.29 is 14.5 Å². The Balaban J connectivity index is 1.46.